The van der Waals surface area contributed by atoms with Crippen LogP contribution in [0.5, 0.6) is 5.75 Å². The Morgan fingerprint density at radius 3 is 2.74 bits per heavy atom. The Labute approximate surface area is 176 Å². The number of aromatic nitrogens is 1. The van der Waals surface area contributed by atoms with Crippen molar-refractivity contribution in [1.82, 2.24) is 10.5 Å². The molecule has 140 valence electrons. The second-order valence-electron chi connectivity index (χ2n) is 5.91. The van der Waals surface area contributed by atoms with Crippen LogP contribution < -0.4 is 10.1 Å². The molecule has 27 heavy (non-hydrogen) atoms. The van der Waals surface area contributed by atoms with Gasteiger partial charge in [0.05, 0.1) is 9.13 Å². The van der Waals surface area contributed by atoms with E-state index in [0.29, 0.717) is 38.8 Å². The second-order valence-corrected chi connectivity index (χ2v) is 7.39. The molecule has 5 nitrogen and oxygen atoms in total. The Bertz CT molecular complexity index is 957. The Morgan fingerprint density at radius 1 is 1.30 bits per heavy atom. The van der Waals surface area contributed by atoms with E-state index in [4.69, 9.17) is 20.9 Å². The van der Waals surface area contributed by atoms with Gasteiger partial charge in [-0.05, 0) is 59.7 Å². The van der Waals surface area contributed by atoms with Crippen LogP contribution in [0.3, 0.4) is 0 Å². The van der Waals surface area contributed by atoms with Crippen LogP contribution in [0.25, 0.3) is 11.3 Å². The molecule has 1 aromatic heterocycles. The lowest BCUT2D eigenvalue weighted by Gasteiger charge is -2.12. The average Bonchev–Trinajstić information content (AvgIpc) is 3.05. The highest BCUT2D eigenvalue weighted by molar-refractivity contribution is 14.1. The molecule has 1 amide bonds. The van der Waals surface area contributed by atoms with Crippen molar-refractivity contribution >= 4 is 40.1 Å². The first-order valence-corrected chi connectivity index (χ1v) is 9.87. The quantitative estimate of drug-likeness (QED) is 0.474. The first-order valence-electron chi connectivity index (χ1n) is 8.41. The minimum absolute atomic E-state index is 0.248. The molecule has 0 aliphatic rings. The molecule has 1 heterocycles. The zero-order valence-corrected chi connectivity index (χ0v) is 17.8. The van der Waals surface area contributed by atoms with Crippen molar-refractivity contribution in [3.8, 4) is 17.1 Å². The van der Waals surface area contributed by atoms with Gasteiger partial charge in [0.25, 0.3) is 5.91 Å². The third-order valence-electron chi connectivity index (χ3n) is 3.93. The molecule has 0 radical (unpaired) electrons. The number of hydrogen-bond donors (Lipinski definition) is 1. The molecule has 0 fully saturated rings. The number of carbonyl (C=O) groups excluding carboxylic acids is 1. The Hall–Kier alpha value is -2.06. The van der Waals surface area contributed by atoms with Gasteiger partial charge in [0.1, 0.15) is 12.4 Å². The minimum atomic E-state index is -0.276. The van der Waals surface area contributed by atoms with Crippen molar-refractivity contribution in [2.75, 3.05) is 6.54 Å². The number of nitrogens with one attached hydrogen (secondary N) is 1. The third kappa shape index (κ3) is 4.44. The van der Waals surface area contributed by atoms with Gasteiger partial charge in [-0.2, -0.15) is 0 Å². The monoisotopic (exact) mass is 496 g/mol. The Kier molecular flexibility index (Phi) is 6.38. The maximum absolute atomic E-state index is 12.1. The van der Waals surface area contributed by atoms with Crippen molar-refractivity contribution in [3.63, 3.8) is 0 Å². The molecule has 0 saturated carbocycles. The summed E-state index contributed by atoms with van der Waals surface area (Å²) < 4.78 is 12.1. The molecule has 3 aromatic rings. The lowest BCUT2D eigenvalue weighted by Crippen LogP contribution is -2.23. The Morgan fingerprint density at radius 2 is 2.04 bits per heavy atom. The summed E-state index contributed by atoms with van der Waals surface area (Å²) in [7, 11) is 0. The van der Waals surface area contributed by atoms with E-state index in [1.807, 2.05) is 50.2 Å². The molecule has 0 bridgehead atoms. The number of ether oxygens (including phenoxy) is 1. The smallest absolute Gasteiger partial charge is 0.274 e. The fraction of sp³-hybridized carbons (Fsp3) is 0.200. The van der Waals surface area contributed by atoms with Crippen LogP contribution in [0, 0.1) is 10.5 Å². The maximum atomic E-state index is 12.1. The summed E-state index contributed by atoms with van der Waals surface area (Å²) in [5.41, 5.74) is 2.85. The van der Waals surface area contributed by atoms with Crippen LogP contribution in [0.15, 0.2) is 47.0 Å². The van der Waals surface area contributed by atoms with Gasteiger partial charge in [-0.3, -0.25) is 4.79 Å². The van der Waals surface area contributed by atoms with Gasteiger partial charge in [-0.15, -0.1) is 0 Å². The molecule has 0 aliphatic carbocycles. The number of amides is 1. The highest BCUT2D eigenvalue weighted by Crippen LogP contribution is 2.38. The summed E-state index contributed by atoms with van der Waals surface area (Å²) in [6.45, 7) is 4.68. The number of nitrogens with zero attached hydrogens (tertiary/aromatic N) is 1. The van der Waals surface area contributed by atoms with Gasteiger partial charge in [0.2, 0.25) is 0 Å². The molecule has 0 spiro atoms. The fourth-order valence-corrected chi connectivity index (χ4v) is 3.42. The number of benzene rings is 2. The molecule has 3 rings (SSSR count). The topological polar surface area (TPSA) is 64.4 Å². The van der Waals surface area contributed by atoms with Crippen LogP contribution in [0.1, 0.15) is 28.5 Å². The molecule has 0 aliphatic heterocycles. The molecule has 0 atom stereocenters. The van der Waals surface area contributed by atoms with E-state index in [-0.39, 0.29) is 11.6 Å². The third-order valence-corrected chi connectivity index (χ3v) is 5.34. The summed E-state index contributed by atoms with van der Waals surface area (Å²) >= 11 is 8.38. The summed E-state index contributed by atoms with van der Waals surface area (Å²) in [5, 5.41) is 7.24. The van der Waals surface area contributed by atoms with Crippen molar-refractivity contribution in [2.45, 2.75) is 20.5 Å². The van der Waals surface area contributed by atoms with E-state index in [1.54, 1.807) is 6.07 Å². The van der Waals surface area contributed by atoms with Gasteiger partial charge >= 0.3 is 0 Å². The second kappa shape index (κ2) is 8.75. The minimum Gasteiger partial charge on any atom is -0.488 e. The summed E-state index contributed by atoms with van der Waals surface area (Å²) in [5.74, 6) is 0.806. The first kappa shape index (κ1) is 19.7. The first-order chi connectivity index (χ1) is 13.0. The van der Waals surface area contributed by atoms with Crippen LogP contribution in [0.4, 0.5) is 0 Å². The lowest BCUT2D eigenvalue weighted by atomic mass is 10.1. The molecule has 1 N–H and O–H groups in total. The van der Waals surface area contributed by atoms with Crippen LogP contribution in [-0.4, -0.2) is 17.6 Å². The maximum Gasteiger partial charge on any atom is 0.274 e. The number of halogens is 2. The van der Waals surface area contributed by atoms with E-state index in [9.17, 15) is 4.79 Å². The van der Waals surface area contributed by atoms with Gasteiger partial charge in [-0.25, -0.2) is 0 Å². The van der Waals surface area contributed by atoms with E-state index in [2.05, 4.69) is 33.1 Å². The van der Waals surface area contributed by atoms with E-state index >= 15 is 0 Å². The normalized spacial score (nSPS) is 10.7. The van der Waals surface area contributed by atoms with Gasteiger partial charge in [-0.1, -0.05) is 47.1 Å². The van der Waals surface area contributed by atoms with Crippen molar-refractivity contribution in [1.29, 1.82) is 0 Å². The largest absolute Gasteiger partial charge is 0.488 e. The molecule has 0 unspecified atom stereocenters. The number of aryl methyl sites for hydroxylation is 1. The summed E-state index contributed by atoms with van der Waals surface area (Å²) in [4.78, 5) is 12.1. The lowest BCUT2D eigenvalue weighted by molar-refractivity contribution is 0.0946. The number of rotatable bonds is 6. The molecular weight excluding hydrogens is 479 g/mol. The van der Waals surface area contributed by atoms with Gasteiger partial charge in [0, 0.05) is 11.6 Å². The van der Waals surface area contributed by atoms with Crippen LogP contribution >= 0.6 is 34.2 Å². The van der Waals surface area contributed by atoms with E-state index in [0.717, 1.165) is 11.1 Å². The highest BCUT2D eigenvalue weighted by Gasteiger charge is 2.23. The fourth-order valence-electron chi connectivity index (χ4n) is 2.52. The zero-order chi connectivity index (χ0) is 19.4. The summed E-state index contributed by atoms with van der Waals surface area (Å²) in [6.07, 6.45) is 0. The van der Waals surface area contributed by atoms with Crippen molar-refractivity contribution in [2.24, 2.45) is 0 Å². The highest BCUT2D eigenvalue weighted by atomic mass is 127. The zero-order valence-electron chi connectivity index (χ0n) is 14.9. The predicted molar refractivity (Wildman–Crippen MR) is 113 cm³/mol. The summed E-state index contributed by atoms with van der Waals surface area (Å²) in [6, 6.07) is 13.5. The van der Waals surface area contributed by atoms with Crippen molar-refractivity contribution in [3.05, 3.63) is 67.9 Å². The standard InChI is InChI=1S/C20H18ClIN2O3/c1-3-23-20(25)18-17(22)19(27-24-18)14-10-15(21)12(2)9-16(14)26-11-13-7-5-4-6-8-13/h4-10H,3,11H2,1-2H3,(H,23,25). The van der Waals surface area contributed by atoms with Crippen LogP contribution in [0.2, 0.25) is 5.02 Å². The number of hydrogen-bond acceptors (Lipinski definition) is 4. The average molecular weight is 497 g/mol. The SMILES string of the molecule is CCNC(=O)c1noc(-c2cc(Cl)c(C)cc2OCc2ccccc2)c1I. The molecule has 0 saturated heterocycles. The van der Waals surface area contributed by atoms with Gasteiger partial charge < -0.3 is 14.6 Å². The van der Waals surface area contributed by atoms with Crippen LogP contribution in [-0.2, 0) is 6.61 Å². The molecule has 2 aromatic carbocycles. The predicted octanol–water partition coefficient (Wildman–Crippen LogP) is 5.24. The van der Waals surface area contributed by atoms with E-state index in [1.165, 1.54) is 0 Å². The Balaban J connectivity index is 1.97. The number of carbonyl (C=O) groups is 1. The molecular formula is C20H18ClIN2O3. The van der Waals surface area contributed by atoms with Gasteiger partial charge in [0.15, 0.2) is 11.5 Å². The molecule has 7 heteroatoms. The van der Waals surface area contributed by atoms with Crippen molar-refractivity contribution < 1.29 is 14.1 Å². The van der Waals surface area contributed by atoms with E-state index < -0.39 is 0 Å².